The van der Waals surface area contributed by atoms with Gasteiger partial charge in [0.2, 0.25) is 0 Å². The SMILES string of the molecule is Cc1cc(C)c(CCNS(=O)(=O)N2CC2)cc1C. The second-order valence-electron chi connectivity index (χ2n) is 4.91. The molecule has 1 heterocycles. The van der Waals surface area contributed by atoms with Crippen molar-refractivity contribution in [2.45, 2.75) is 27.2 Å². The largest absolute Gasteiger partial charge is 0.279 e. The third-order valence-electron chi connectivity index (χ3n) is 3.38. The standard InChI is InChI=1S/C13H20N2O2S/c1-10-8-12(3)13(9-11(10)2)4-5-14-18(16,17)15-6-7-15/h8-9,14H,4-7H2,1-3H3. The molecule has 0 spiro atoms. The average Bonchev–Trinajstić information content (AvgIpc) is 3.09. The Morgan fingerprint density at radius 1 is 1.11 bits per heavy atom. The first kappa shape index (κ1) is 13.5. The number of hydrogen-bond donors (Lipinski definition) is 1. The second-order valence-corrected chi connectivity index (χ2v) is 6.67. The van der Waals surface area contributed by atoms with Gasteiger partial charge >= 0.3 is 0 Å². The van der Waals surface area contributed by atoms with Gasteiger partial charge in [-0.2, -0.15) is 12.7 Å². The summed E-state index contributed by atoms with van der Waals surface area (Å²) in [6.45, 7) is 8.01. The molecule has 0 amide bonds. The van der Waals surface area contributed by atoms with Gasteiger partial charge in [-0.25, -0.2) is 4.72 Å². The van der Waals surface area contributed by atoms with E-state index in [0.29, 0.717) is 19.6 Å². The van der Waals surface area contributed by atoms with Crippen LogP contribution in [0.5, 0.6) is 0 Å². The predicted molar refractivity (Wildman–Crippen MR) is 72.9 cm³/mol. The van der Waals surface area contributed by atoms with Crippen LogP contribution in [0.1, 0.15) is 22.3 Å². The lowest BCUT2D eigenvalue weighted by Gasteiger charge is -2.11. The summed E-state index contributed by atoms with van der Waals surface area (Å²) in [6, 6.07) is 4.31. The van der Waals surface area contributed by atoms with Crippen molar-refractivity contribution in [3.05, 3.63) is 34.4 Å². The number of nitrogens with zero attached hydrogens (tertiary/aromatic N) is 1. The summed E-state index contributed by atoms with van der Waals surface area (Å²) >= 11 is 0. The molecule has 100 valence electrons. The van der Waals surface area contributed by atoms with E-state index < -0.39 is 10.2 Å². The van der Waals surface area contributed by atoms with Crippen molar-refractivity contribution >= 4 is 10.2 Å². The van der Waals surface area contributed by atoms with Crippen molar-refractivity contribution in [2.24, 2.45) is 0 Å². The second kappa shape index (κ2) is 4.99. The molecule has 0 unspecified atom stereocenters. The van der Waals surface area contributed by atoms with Crippen LogP contribution in [0.2, 0.25) is 0 Å². The fourth-order valence-electron chi connectivity index (χ4n) is 1.98. The van der Waals surface area contributed by atoms with Crippen molar-refractivity contribution < 1.29 is 8.42 Å². The molecule has 0 aromatic heterocycles. The summed E-state index contributed by atoms with van der Waals surface area (Å²) in [5.74, 6) is 0. The summed E-state index contributed by atoms with van der Waals surface area (Å²) < 4.78 is 27.3. The van der Waals surface area contributed by atoms with Gasteiger partial charge in [0.15, 0.2) is 0 Å². The van der Waals surface area contributed by atoms with Crippen LogP contribution < -0.4 is 4.72 Å². The minimum absolute atomic E-state index is 0.460. The summed E-state index contributed by atoms with van der Waals surface area (Å²) in [4.78, 5) is 0. The maximum atomic E-state index is 11.6. The molecule has 1 N–H and O–H groups in total. The van der Waals surface area contributed by atoms with E-state index in [9.17, 15) is 8.42 Å². The first-order valence-electron chi connectivity index (χ1n) is 6.21. The summed E-state index contributed by atoms with van der Waals surface area (Å²) in [5.41, 5.74) is 4.97. The Balaban J connectivity index is 1.96. The molecule has 0 radical (unpaired) electrons. The van der Waals surface area contributed by atoms with E-state index in [2.05, 4.69) is 37.6 Å². The lowest BCUT2D eigenvalue weighted by Crippen LogP contribution is -2.31. The highest BCUT2D eigenvalue weighted by molar-refractivity contribution is 7.87. The molecule has 0 atom stereocenters. The van der Waals surface area contributed by atoms with E-state index in [0.717, 1.165) is 6.42 Å². The molecule has 18 heavy (non-hydrogen) atoms. The van der Waals surface area contributed by atoms with Crippen molar-refractivity contribution in [2.75, 3.05) is 19.6 Å². The smallest absolute Gasteiger partial charge is 0.202 e. The number of aryl methyl sites for hydroxylation is 3. The number of benzene rings is 1. The van der Waals surface area contributed by atoms with Crippen LogP contribution >= 0.6 is 0 Å². The molecule has 4 nitrogen and oxygen atoms in total. The van der Waals surface area contributed by atoms with E-state index in [1.54, 1.807) is 0 Å². The third kappa shape index (κ3) is 3.10. The van der Waals surface area contributed by atoms with Gasteiger partial charge < -0.3 is 0 Å². The molecule has 0 saturated carbocycles. The van der Waals surface area contributed by atoms with Crippen LogP contribution in [-0.4, -0.2) is 32.4 Å². The topological polar surface area (TPSA) is 49.2 Å². The molecule has 1 aliphatic rings. The fourth-order valence-corrected chi connectivity index (χ4v) is 3.08. The van der Waals surface area contributed by atoms with Crippen LogP contribution in [-0.2, 0) is 16.6 Å². The van der Waals surface area contributed by atoms with Gasteiger partial charge in [-0.15, -0.1) is 0 Å². The first-order chi connectivity index (χ1) is 8.40. The van der Waals surface area contributed by atoms with E-state index in [1.165, 1.54) is 26.6 Å². The third-order valence-corrected chi connectivity index (χ3v) is 4.99. The normalized spacial score (nSPS) is 15.9. The minimum atomic E-state index is -3.21. The molecule has 1 aromatic rings. The Bertz CT molecular complexity index is 548. The van der Waals surface area contributed by atoms with E-state index >= 15 is 0 Å². The Morgan fingerprint density at radius 2 is 1.72 bits per heavy atom. The molecular weight excluding hydrogens is 248 g/mol. The lowest BCUT2D eigenvalue weighted by molar-refractivity contribution is 0.547. The highest BCUT2D eigenvalue weighted by Crippen LogP contribution is 2.16. The molecule has 5 heteroatoms. The van der Waals surface area contributed by atoms with Gasteiger partial charge in [-0.05, 0) is 49.4 Å². The molecule has 1 fully saturated rings. The van der Waals surface area contributed by atoms with E-state index in [-0.39, 0.29) is 0 Å². The van der Waals surface area contributed by atoms with E-state index in [1.807, 2.05) is 0 Å². The monoisotopic (exact) mass is 268 g/mol. The van der Waals surface area contributed by atoms with Crippen molar-refractivity contribution in [1.82, 2.24) is 9.03 Å². The van der Waals surface area contributed by atoms with Crippen LogP contribution in [0, 0.1) is 20.8 Å². The Labute approximate surface area is 109 Å². The number of rotatable bonds is 5. The van der Waals surface area contributed by atoms with Crippen LogP contribution in [0.25, 0.3) is 0 Å². The molecular formula is C13H20N2O2S. The zero-order valence-corrected chi connectivity index (χ0v) is 12.0. The molecule has 1 saturated heterocycles. The lowest BCUT2D eigenvalue weighted by atomic mass is 9.99. The Morgan fingerprint density at radius 3 is 2.33 bits per heavy atom. The minimum Gasteiger partial charge on any atom is -0.202 e. The summed E-state index contributed by atoms with van der Waals surface area (Å²) in [7, 11) is -3.21. The molecule has 2 rings (SSSR count). The molecule has 1 aliphatic heterocycles. The molecule has 0 bridgehead atoms. The number of hydrogen-bond acceptors (Lipinski definition) is 2. The highest BCUT2D eigenvalue weighted by atomic mass is 32.2. The fraction of sp³-hybridized carbons (Fsp3) is 0.538. The van der Waals surface area contributed by atoms with Crippen LogP contribution in [0.4, 0.5) is 0 Å². The quantitative estimate of drug-likeness (QED) is 0.818. The van der Waals surface area contributed by atoms with Crippen molar-refractivity contribution in [1.29, 1.82) is 0 Å². The average molecular weight is 268 g/mol. The maximum Gasteiger partial charge on any atom is 0.279 e. The van der Waals surface area contributed by atoms with E-state index in [4.69, 9.17) is 0 Å². The molecule has 0 aliphatic carbocycles. The Hall–Kier alpha value is -0.910. The van der Waals surface area contributed by atoms with Crippen molar-refractivity contribution in [3.63, 3.8) is 0 Å². The van der Waals surface area contributed by atoms with Gasteiger partial charge in [0.1, 0.15) is 0 Å². The summed E-state index contributed by atoms with van der Waals surface area (Å²) in [6.07, 6.45) is 0.736. The van der Waals surface area contributed by atoms with Gasteiger partial charge in [0.25, 0.3) is 10.2 Å². The van der Waals surface area contributed by atoms with Gasteiger partial charge in [0.05, 0.1) is 0 Å². The van der Waals surface area contributed by atoms with Crippen LogP contribution in [0.3, 0.4) is 0 Å². The highest BCUT2D eigenvalue weighted by Gasteiger charge is 2.30. The first-order valence-corrected chi connectivity index (χ1v) is 7.65. The molecule has 1 aromatic carbocycles. The zero-order chi connectivity index (χ0) is 13.3. The van der Waals surface area contributed by atoms with Gasteiger partial charge in [0, 0.05) is 19.6 Å². The zero-order valence-electron chi connectivity index (χ0n) is 11.2. The van der Waals surface area contributed by atoms with Gasteiger partial charge in [-0.1, -0.05) is 12.1 Å². The van der Waals surface area contributed by atoms with Crippen LogP contribution in [0.15, 0.2) is 12.1 Å². The maximum absolute atomic E-state index is 11.6. The predicted octanol–water partition coefficient (Wildman–Crippen LogP) is 1.30. The Kier molecular flexibility index (Phi) is 3.75. The van der Waals surface area contributed by atoms with Gasteiger partial charge in [-0.3, -0.25) is 0 Å². The summed E-state index contributed by atoms with van der Waals surface area (Å²) in [5, 5.41) is 0. The number of nitrogens with one attached hydrogen (secondary N) is 1. The van der Waals surface area contributed by atoms with Crippen molar-refractivity contribution in [3.8, 4) is 0 Å².